The second-order valence-corrected chi connectivity index (χ2v) is 5.50. The summed E-state index contributed by atoms with van der Waals surface area (Å²) in [7, 11) is 1.79. The summed E-state index contributed by atoms with van der Waals surface area (Å²) in [6.07, 6.45) is 6.28. The van der Waals surface area contributed by atoms with Crippen molar-refractivity contribution in [2.45, 2.75) is 44.6 Å². The zero-order valence-electron chi connectivity index (χ0n) is 11.0. The zero-order chi connectivity index (χ0) is 13.1. The Morgan fingerprint density at radius 3 is 2.50 bits per heavy atom. The second-order valence-electron chi connectivity index (χ2n) is 5.50. The normalized spacial score (nSPS) is 24.5. The van der Waals surface area contributed by atoms with Crippen molar-refractivity contribution < 1.29 is 14.7 Å². The topological polar surface area (TPSA) is 60.9 Å². The molecule has 1 heterocycles. The van der Waals surface area contributed by atoms with Gasteiger partial charge in [-0.05, 0) is 31.6 Å². The number of hydrogen-bond donors (Lipinski definition) is 1. The minimum absolute atomic E-state index is 0.119. The first-order valence-electron chi connectivity index (χ1n) is 6.84. The summed E-state index contributed by atoms with van der Waals surface area (Å²) in [6, 6.07) is -0.740. The van der Waals surface area contributed by atoms with E-state index in [1.807, 2.05) is 0 Å². The van der Waals surface area contributed by atoms with Crippen LogP contribution in [0.15, 0.2) is 0 Å². The first-order valence-corrected chi connectivity index (χ1v) is 6.84. The quantitative estimate of drug-likeness (QED) is 0.835. The maximum Gasteiger partial charge on any atom is 0.326 e. The maximum absolute atomic E-state index is 12.2. The Kier molecular flexibility index (Phi) is 4.09. The van der Waals surface area contributed by atoms with Crippen LogP contribution in [-0.2, 0) is 4.79 Å². The van der Waals surface area contributed by atoms with Gasteiger partial charge in [-0.3, -0.25) is 0 Å². The number of nitrogens with zero attached hydrogens (tertiary/aromatic N) is 2. The SMILES string of the molecule is CN(CC1CCCC1)C(=O)N1CCC[C@@H]1C(=O)O. The Morgan fingerprint density at radius 2 is 1.89 bits per heavy atom. The molecule has 2 fully saturated rings. The van der Waals surface area contributed by atoms with Crippen LogP contribution >= 0.6 is 0 Å². The van der Waals surface area contributed by atoms with Gasteiger partial charge in [0.1, 0.15) is 6.04 Å². The zero-order valence-corrected chi connectivity index (χ0v) is 11.0. The van der Waals surface area contributed by atoms with Gasteiger partial charge in [0.15, 0.2) is 0 Å². The highest BCUT2D eigenvalue weighted by Gasteiger charge is 2.35. The molecular weight excluding hydrogens is 232 g/mol. The highest BCUT2D eigenvalue weighted by molar-refractivity contribution is 5.83. The van der Waals surface area contributed by atoms with E-state index < -0.39 is 12.0 Å². The van der Waals surface area contributed by atoms with Crippen LogP contribution in [0.25, 0.3) is 0 Å². The molecule has 0 aromatic heterocycles. The third-order valence-corrected chi connectivity index (χ3v) is 4.12. The molecule has 1 atom stereocenters. The number of rotatable bonds is 3. The van der Waals surface area contributed by atoms with E-state index in [9.17, 15) is 9.59 Å². The number of carbonyl (C=O) groups is 2. The fourth-order valence-electron chi connectivity index (χ4n) is 3.13. The Balaban J connectivity index is 1.90. The molecule has 5 heteroatoms. The monoisotopic (exact) mass is 254 g/mol. The number of amides is 2. The van der Waals surface area contributed by atoms with E-state index in [4.69, 9.17) is 5.11 Å². The van der Waals surface area contributed by atoms with Gasteiger partial charge in [0.2, 0.25) is 0 Å². The van der Waals surface area contributed by atoms with Crippen molar-refractivity contribution in [2.75, 3.05) is 20.1 Å². The molecule has 1 saturated carbocycles. The molecule has 1 aliphatic carbocycles. The average Bonchev–Trinajstić information content (AvgIpc) is 2.97. The predicted octanol–water partition coefficient (Wildman–Crippen LogP) is 1.78. The summed E-state index contributed by atoms with van der Waals surface area (Å²) < 4.78 is 0. The molecule has 2 rings (SSSR count). The number of urea groups is 1. The Labute approximate surface area is 108 Å². The molecule has 5 nitrogen and oxygen atoms in total. The molecule has 18 heavy (non-hydrogen) atoms. The molecule has 1 saturated heterocycles. The lowest BCUT2D eigenvalue weighted by Gasteiger charge is -2.29. The van der Waals surface area contributed by atoms with Gasteiger partial charge < -0.3 is 14.9 Å². The number of hydrogen-bond acceptors (Lipinski definition) is 2. The van der Waals surface area contributed by atoms with Crippen molar-refractivity contribution in [3.63, 3.8) is 0 Å². The molecule has 1 aliphatic heterocycles. The van der Waals surface area contributed by atoms with Crippen LogP contribution in [0.2, 0.25) is 0 Å². The smallest absolute Gasteiger partial charge is 0.326 e. The van der Waals surface area contributed by atoms with Gasteiger partial charge in [0.05, 0.1) is 0 Å². The predicted molar refractivity (Wildman–Crippen MR) is 67.3 cm³/mol. The van der Waals surface area contributed by atoms with Crippen molar-refractivity contribution in [3.8, 4) is 0 Å². The van der Waals surface area contributed by atoms with Gasteiger partial charge in [0, 0.05) is 20.1 Å². The van der Waals surface area contributed by atoms with Crippen molar-refractivity contribution >= 4 is 12.0 Å². The van der Waals surface area contributed by atoms with Gasteiger partial charge >= 0.3 is 12.0 Å². The molecule has 0 radical (unpaired) electrons. The Hall–Kier alpha value is -1.26. The molecule has 0 bridgehead atoms. The molecule has 2 aliphatic rings. The van der Waals surface area contributed by atoms with E-state index in [1.54, 1.807) is 11.9 Å². The number of carbonyl (C=O) groups excluding carboxylic acids is 1. The third kappa shape index (κ3) is 2.76. The number of carboxylic acid groups (broad SMARTS) is 1. The standard InChI is InChI=1S/C13H22N2O3/c1-14(9-10-5-2-3-6-10)13(18)15-8-4-7-11(15)12(16)17/h10-11H,2-9H2,1H3,(H,16,17)/t11-/m1/s1. The van der Waals surface area contributed by atoms with E-state index in [-0.39, 0.29) is 6.03 Å². The molecule has 0 spiro atoms. The summed E-state index contributed by atoms with van der Waals surface area (Å²) in [5, 5.41) is 9.09. The molecule has 1 N–H and O–H groups in total. The minimum Gasteiger partial charge on any atom is -0.480 e. The van der Waals surface area contributed by atoms with Crippen LogP contribution in [0.4, 0.5) is 4.79 Å². The first-order chi connectivity index (χ1) is 8.59. The fraction of sp³-hybridized carbons (Fsp3) is 0.846. The summed E-state index contributed by atoms with van der Waals surface area (Å²) in [5.41, 5.74) is 0. The molecule has 2 amide bonds. The average molecular weight is 254 g/mol. The van der Waals surface area contributed by atoms with E-state index in [2.05, 4.69) is 0 Å². The molecular formula is C13H22N2O3. The van der Waals surface area contributed by atoms with Crippen LogP contribution in [0.1, 0.15) is 38.5 Å². The highest BCUT2D eigenvalue weighted by Crippen LogP contribution is 2.26. The van der Waals surface area contributed by atoms with Crippen molar-refractivity contribution in [1.82, 2.24) is 9.80 Å². The largest absolute Gasteiger partial charge is 0.480 e. The first kappa shape index (κ1) is 13.2. The lowest BCUT2D eigenvalue weighted by Crippen LogP contribution is -2.47. The van der Waals surface area contributed by atoms with E-state index in [0.717, 1.165) is 13.0 Å². The Bertz CT molecular complexity index is 326. The van der Waals surface area contributed by atoms with Crippen molar-refractivity contribution in [3.05, 3.63) is 0 Å². The molecule has 102 valence electrons. The Morgan fingerprint density at radius 1 is 1.22 bits per heavy atom. The van der Waals surface area contributed by atoms with Crippen LogP contribution < -0.4 is 0 Å². The maximum atomic E-state index is 12.2. The second kappa shape index (κ2) is 5.59. The van der Waals surface area contributed by atoms with Crippen molar-refractivity contribution in [2.24, 2.45) is 5.92 Å². The lowest BCUT2D eigenvalue weighted by atomic mass is 10.1. The van der Waals surface area contributed by atoms with Crippen LogP contribution in [0, 0.1) is 5.92 Å². The molecule has 0 unspecified atom stereocenters. The van der Waals surface area contributed by atoms with Crippen LogP contribution in [-0.4, -0.2) is 53.1 Å². The van der Waals surface area contributed by atoms with Crippen LogP contribution in [0.5, 0.6) is 0 Å². The van der Waals surface area contributed by atoms with Gasteiger partial charge in [0.25, 0.3) is 0 Å². The van der Waals surface area contributed by atoms with Gasteiger partial charge in [-0.1, -0.05) is 12.8 Å². The third-order valence-electron chi connectivity index (χ3n) is 4.12. The minimum atomic E-state index is -0.880. The van der Waals surface area contributed by atoms with Crippen molar-refractivity contribution in [1.29, 1.82) is 0 Å². The fourth-order valence-corrected chi connectivity index (χ4v) is 3.13. The number of likely N-dealkylation sites (tertiary alicyclic amines) is 1. The summed E-state index contributed by atoms with van der Waals surface area (Å²) >= 11 is 0. The van der Waals surface area contributed by atoms with Gasteiger partial charge in [-0.25, -0.2) is 9.59 Å². The summed E-state index contributed by atoms with van der Waals surface area (Å²) in [6.45, 7) is 1.34. The van der Waals surface area contributed by atoms with E-state index in [0.29, 0.717) is 18.9 Å². The van der Waals surface area contributed by atoms with Crippen LogP contribution in [0.3, 0.4) is 0 Å². The lowest BCUT2D eigenvalue weighted by molar-refractivity contribution is -0.141. The number of carboxylic acids is 1. The summed E-state index contributed by atoms with van der Waals surface area (Å²) in [5.74, 6) is -0.278. The van der Waals surface area contributed by atoms with E-state index >= 15 is 0 Å². The molecule has 0 aromatic carbocycles. The van der Waals surface area contributed by atoms with Gasteiger partial charge in [-0.2, -0.15) is 0 Å². The van der Waals surface area contributed by atoms with Gasteiger partial charge in [-0.15, -0.1) is 0 Å². The highest BCUT2D eigenvalue weighted by atomic mass is 16.4. The van der Waals surface area contributed by atoms with E-state index in [1.165, 1.54) is 30.6 Å². The number of aliphatic carboxylic acids is 1. The molecule has 0 aromatic rings. The summed E-state index contributed by atoms with van der Waals surface area (Å²) in [4.78, 5) is 26.5.